The van der Waals surface area contributed by atoms with Crippen LogP contribution in [0.1, 0.15) is 17.3 Å². The van der Waals surface area contributed by atoms with E-state index in [2.05, 4.69) is 140 Å². The quantitative estimate of drug-likeness (QED) is 0.0634. The molecule has 1 aliphatic carbocycles. The third kappa shape index (κ3) is 11.0. The average Bonchev–Trinajstić information content (AvgIpc) is 3.19. The van der Waals surface area contributed by atoms with Gasteiger partial charge in [-0.05, 0) is 48.0 Å². The van der Waals surface area contributed by atoms with E-state index in [0.717, 1.165) is 60.4 Å². The van der Waals surface area contributed by atoms with Crippen LogP contribution in [0.2, 0.25) is 0 Å². The van der Waals surface area contributed by atoms with Gasteiger partial charge in [-0.2, -0.15) is 0 Å². The Kier molecular flexibility index (Phi) is 17.6. The molecule has 0 saturated heterocycles. The summed E-state index contributed by atoms with van der Waals surface area (Å²) in [5, 5.41) is 30.0. The van der Waals surface area contributed by atoms with Gasteiger partial charge >= 0.3 is 35.6 Å². The van der Waals surface area contributed by atoms with Crippen LogP contribution >= 0.6 is 0 Å². The molecule has 52 heavy (non-hydrogen) atoms. The molecular formula is C39H24LaN9S3. The van der Waals surface area contributed by atoms with E-state index in [0.29, 0.717) is 0 Å². The molecule has 0 radical (unpaired) electrons. The molecule has 0 bridgehead atoms. The number of pyridine rings is 5. The van der Waals surface area contributed by atoms with E-state index >= 15 is 0 Å². The molecule has 7 aromatic rings. The van der Waals surface area contributed by atoms with Crippen LogP contribution < -0.4 is 0 Å². The summed E-state index contributed by atoms with van der Waals surface area (Å²) in [6, 6.07) is 28.3. The molecule has 1 aliphatic heterocycles. The summed E-state index contributed by atoms with van der Waals surface area (Å²) in [4.78, 5) is 26.2. The standard InChI is InChI=1S/3C12H8N2.3CHNS.La/c3*1-3-9-5-6-10-4-2-8-14-12(10)11(9)13-7-1;3*2-1-3;/h1-3,5-8,12H;2*1-8H;3*3H;/q;;;;;;+3/p-3. The topological polar surface area (TPSA) is 148 Å². The van der Waals surface area contributed by atoms with Crippen LogP contribution in [0.5, 0.6) is 0 Å². The summed E-state index contributed by atoms with van der Waals surface area (Å²) in [7, 11) is 0. The predicted molar refractivity (Wildman–Crippen MR) is 209 cm³/mol. The van der Waals surface area contributed by atoms with Gasteiger partial charge in [-0.15, -0.1) is 5.73 Å². The summed E-state index contributed by atoms with van der Waals surface area (Å²) in [6.07, 6.45) is 16.8. The molecule has 9 rings (SSSR count). The average molecular weight is 854 g/mol. The van der Waals surface area contributed by atoms with Crippen molar-refractivity contribution in [3.8, 4) is 16.2 Å². The SMILES string of the molecule is C1=CC=NC2C=1C=Cc1cccnc12.N#C[S-].N#C[S-].N#C[S-].[La+3].c1cnc2c(c1)ccc1cccnc12.c1cnc2c(c1)ccc1cccnc12. The van der Waals surface area contributed by atoms with Crippen molar-refractivity contribution in [1.82, 2.24) is 24.9 Å². The van der Waals surface area contributed by atoms with Gasteiger partial charge in [0.1, 0.15) is 6.04 Å². The first-order valence-corrected chi connectivity index (χ1v) is 16.1. The molecule has 1 atom stereocenters. The second-order valence-corrected chi connectivity index (χ2v) is 10.5. The van der Waals surface area contributed by atoms with Crippen molar-refractivity contribution < 1.29 is 35.6 Å². The Hall–Kier alpha value is -5.52. The molecular weight excluding hydrogens is 830 g/mol. The number of fused-ring (bicyclic) bond motifs is 9. The first-order valence-electron chi connectivity index (χ1n) is 14.9. The van der Waals surface area contributed by atoms with Crippen molar-refractivity contribution in [3.05, 3.63) is 151 Å². The van der Waals surface area contributed by atoms with Gasteiger partial charge in [0.05, 0.1) is 27.8 Å². The molecule has 0 N–H and O–H groups in total. The third-order valence-corrected chi connectivity index (χ3v) is 7.12. The van der Waals surface area contributed by atoms with E-state index in [1.807, 2.05) is 42.6 Å². The van der Waals surface area contributed by atoms with Crippen molar-refractivity contribution >= 4 is 93.8 Å². The maximum atomic E-state index is 7.13. The number of hydrogen-bond donors (Lipinski definition) is 0. The molecule has 5 aromatic heterocycles. The summed E-state index contributed by atoms with van der Waals surface area (Å²) < 4.78 is 0. The van der Waals surface area contributed by atoms with Crippen molar-refractivity contribution in [3.63, 3.8) is 0 Å². The number of aromatic nitrogens is 5. The molecule has 6 heterocycles. The van der Waals surface area contributed by atoms with E-state index in [9.17, 15) is 0 Å². The van der Waals surface area contributed by atoms with Gasteiger partial charge < -0.3 is 37.9 Å². The largest absolute Gasteiger partial charge is 3.00 e. The van der Waals surface area contributed by atoms with E-state index in [-0.39, 0.29) is 41.6 Å². The molecule has 0 saturated carbocycles. The predicted octanol–water partition coefficient (Wildman–Crippen LogP) is 7.92. The molecule has 13 heteroatoms. The van der Waals surface area contributed by atoms with Gasteiger partial charge in [-0.3, -0.25) is 29.9 Å². The number of nitrogens with zero attached hydrogens (tertiary/aromatic N) is 9. The van der Waals surface area contributed by atoms with Crippen LogP contribution in [0.15, 0.2) is 144 Å². The normalized spacial score (nSPS) is 12.0. The Bertz CT molecular complexity index is 2280. The zero-order chi connectivity index (χ0) is 36.3. The van der Waals surface area contributed by atoms with Crippen LogP contribution in [-0.4, -0.2) is 31.1 Å². The third-order valence-electron chi connectivity index (χ3n) is 7.12. The van der Waals surface area contributed by atoms with Crippen LogP contribution in [-0.2, 0) is 37.9 Å². The molecule has 1 unspecified atom stereocenters. The fraction of sp³-hybridized carbons (Fsp3) is 0.0256. The van der Waals surface area contributed by atoms with Gasteiger partial charge in [0.2, 0.25) is 0 Å². The minimum atomic E-state index is 0. The molecule has 0 spiro atoms. The Morgan fingerprint density at radius 2 is 0.885 bits per heavy atom. The van der Waals surface area contributed by atoms with Crippen LogP contribution in [0.25, 0.3) is 49.7 Å². The molecule has 2 aromatic carbocycles. The fourth-order valence-corrected chi connectivity index (χ4v) is 5.12. The second kappa shape index (κ2) is 22.3. The van der Waals surface area contributed by atoms with E-state index in [1.165, 1.54) is 16.2 Å². The Morgan fingerprint density at radius 1 is 0.519 bits per heavy atom. The fourth-order valence-electron chi connectivity index (χ4n) is 5.12. The van der Waals surface area contributed by atoms with Crippen molar-refractivity contribution in [2.24, 2.45) is 4.99 Å². The second-order valence-electron chi connectivity index (χ2n) is 9.98. The monoisotopic (exact) mass is 853 g/mol. The number of nitriles is 3. The van der Waals surface area contributed by atoms with Gasteiger partial charge in [0, 0.05) is 64.3 Å². The summed E-state index contributed by atoms with van der Waals surface area (Å²) in [6.45, 7) is 0. The minimum Gasteiger partial charge on any atom is -0.696 e. The van der Waals surface area contributed by atoms with Crippen molar-refractivity contribution in [2.45, 2.75) is 6.04 Å². The summed E-state index contributed by atoms with van der Waals surface area (Å²) >= 11 is 11.1. The van der Waals surface area contributed by atoms with E-state index < -0.39 is 0 Å². The van der Waals surface area contributed by atoms with Gasteiger partial charge in [0.25, 0.3) is 0 Å². The van der Waals surface area contributed by atoms with Crippen molar-refractivity contribution in [2.75, 3.05) is 0 Å². The number of benzene rings is 2. The van der Waals surface area contributed by atoms with E-state index in [4.69, 9.17) is 15.8 Å². The zero-order valence-electron chi connectivity index (χ0n) is 27.2. The zero-order valence-corrected chi connectivity index (χ0v) is 33.3. The summed E-state index contributed by atoms with van der Waals surface area (Å²) in [5.74, 6) is 0. The van der Waals surface area contributed by atoms with Gasteiger partial charge in [0.15, 0.2) is 0 Å². The van der Waals surface area contributed by atoms with Gasteiger partial charge in [-0.25, -0.2) is 15.8 Å². The smallest absolute Gasteiger partial charge is 0.696 e. The Morgan fingerprint density at radius 3 is 1.29 bits per heavy atom. The molecule has 246 valence electrons. The van der Waals surface area contributed by atoms with Crippen LogP contribution in [0.4, 0.5) is 0 Å². The summed E-state index contributed by atoms with van der Waals surface area (Å²) in [5.41, 5.74) is 10.4. The van der Waals surface area contributed by atoms with E-state index in [1.54, 1.807) is 31.0 Å². The molecule has 0 fully saturated rings. The number of hydrogen-bond acceptors (Lipinski definition) is 12. The van der Waals surface area contributed by atoms with Crippen molar-refractivity contribution in [1.29, 1.82) is 15.8 Å². The number of thiocyanates is 3. The van der Waals surface area contributed by atoms with Crippen LogP contribution in [0.3, 0.4) is 0 Å². The molecule has 0 amide bonds. The minimum absolute atomic E-state index is 0. The Labute approximate surface area is 345 Å². The number of aliphatic imine (C=N–C) groups is 1. The Balaban J connectivity index is 0.000000187. The van der Waals surface area contributed by atoms with Gasteiger partial charge in [-0.1, -0.05) is 76.9 Å². The number of rotatable bonds is 0. The first-order chi connectivity index (χ1) is 25.1. The maximum absolute atomic E-state index is 7.13. The molecule has 2 aliphatic rings. The molecule has 9 nitrogen and oxygen atoms in total. The maximum Gasteiger partial charge on any atom is 3.00 e. The first kappa shape index (κ1) is 40.9. The van der Waals surface area contributed by atoms with Crippen LogP contribution in [0, 0.1) is 67.6 Å².